The number of nitrogens with one attached hydrogen (secondary N) is 1. The summed E-state index contributed by atoms with van der Waals surface area (Å²) < 4.78 is 0. The fourth-order valence-corrected chi connectivity index (χ4v) is 3.64. The van der Waals surface area contributed by atoms with E-state index in [-0.39, 0.29) is 5.54 Å². The topological polar surface area (TPSA) is 30.9 Å². The van der Waals surface area contributed by atoms with Crippen molar-refractivity contribution in [2.75, 3.05) is 39.8 Å². The van der Waals surface area contributed by atoms with Crippen molar-refractivity contribution in [3.63, 3.8) is 0 Å². The van der Waals surface area contributed by atoms with Crippen LogP contribution in [-0.4, -0.2) is 61.1 Å². The van der Waals surface area contributed by atoms with E-state index < -0.39 is 0 Å². The van der Waals surface area contributed by atoms with E-state index >= 15 is 0 Å². The molecule has 4 heteroatoms. The molecule has 2 aliphatic rings. The van der Waals surface area contributed by atoms with E-state index in [4.69, 9.17) is 0 Å². The predicted octanol–water partition coefficient (Wildman–Crippen LogP) is 3.19. The van der Waals surface area contributed by atoms with Gasteiger partial charge in [0.05, 0.1) is 0 Å². The van der Waals surface area contributed by atoms with Crippen molar-refractivity contribution < 1.29 is 0 Å². The number of likely N-dealkylation sites (tertiary alicyclic amines) is 2. The van der Waals surface area contributed by atoms with E-state index in [2.05, 4.69) is 54.7 Å². The molecule has 1 N–H and O–H groups in total. The quantitative estimate of drug-likeness (QED) is 0.479. The van der Waals surface area contributed by atoms with Crippen LogP contribution in [0, 0.1) is 11.3 Å². The lowest BCUT2D eigenvalue weighted by atomic mass is 9.65. The van der Waals surface area contributed by atoms with Gasteiger partial charge in [-0.1, -0.05) is 20.8 Å². The molecule has 0 saturated carbocycles. The van der Waals surface area contributed by atoms with Gasteiger partial charge in [0.25, 0.3) is 0 Å². The first-order valence-corrected chi connectivity index (χ1v) is 9.48. The maximum Gasteiger partial charge on any atom is 0.194 e. The second-order valence-electron chi connectivity index (χ2n) is 8.73. The second-order valence-corrected chi connectivity index (χ2v) is 8.73. The Morgan fingerprint density at radius 1 is 1.13 bits per heavy atom. The summed E-state index contributed by atoms with van der Waals surface area (Å²) in [5.74, 6) is 2.00. The molecule has 0 atom stereocenters. The fourth-order valence-electron chi connectivity index (χ4n) is 3.64. The molecule has 134 valence electrons. The number of guanidine groups is 1. The molecule has 2 heterocycles. The molecule has 4 nitrogen and oxygen atoms in total. The van der Waals surface area contributed by atoms with Crippen molar-refractivity contribution in [3.8, 4) is 0 Å². The Morgan fingerprint density at radius 3 is 2.30 bits per heavy atom. The van der Waals surface area contributed by atoms with Gasteiger partial charge in [-0.15, -0.1) is 0 Å². The molecule has 2 rings (SSSR count). The number of rotatable bonds is 5. The summed E-state index contributed by atoms with van der Waals surface area (Å²) in [6.07, 6.45) is 5.27. The Kier molecular flexibility index (Phi) is 5.99. The highest BCUT2D eigenvalue weighted by molar-refractivity contribution is 5.81. The Morgan fingerprint density at radius 2 is 1.78 bits per heavy atom. The summed E-state index contributed by atoms with van der Waals surface area (Å²) in [7, 11) is 1.90. The van der Waals surface area contributed by atoms with Gasteiger partial charge < -0.3 is 15.1 Å². The number of unbranched alkanes of at least 4 members (excludes halogenated alkanes) is 1. The zero-order chi connectivity index (χ0) is 17.1. The monoisotopic (exact) mass is 322 g/mol. The highest BCUT2D eigenvalue weighted by Gasteiger charge is 2.53. The zero-order valence-electron chi connectivity index (χ0n) is 16.3. The first kappa shape index (κ1) is 18.6. The lowest BCUT2D eigenvalue weighted by Gasteiger charge is -2.62. The molecule has 2 saturated heterocycles. The molecule has 0 aliphatic carbocycles. The Balaban J connectivity index is 1.64. The largest absolute Gasteiger partial charge is 0.356 e. The molecule has 0 amide bonds. The Bertz CT molecular complexity index is 406. The SMILES string of the molecule is CN=C(NCCCCN1CCC(C)CC1)N1CC(C)(C)C1(C)C. The maximum absolute atomic E-state index is 4.49. The number of hydrogen-bond donors (Lipinski definition) is 1. The van der Waals surface area contributed by atoms with Gasteiger partial charge in [-0.2, -0.15) is 0 Å². The molecular formula is C19H38N4. The summed E-state index contributed by atoms with van der Waals surface area (Å²) in [5, 5.41) is 3.57. The van der Waals surface area contributed by atoms with Crippen LogP contribution in [0.15, 0.2) is 4.99 Å². The highest BCUT2D eigenvalue weighted by Crippen LogP contribution is 2.46. The molecule has 0 unspecified atom stereocenters. The molecule has 2 aliphatic heterocycles. The van der Waals surface area contributed by atoms with Gasteiger partial charge in [-0.25, -0.2) is 0 Å². The van der Waals surface area contributed by atoms with Crippen molar-refractivity contribution >= 4 is 5.96 Å². The minimum Gasteiger partial charge on any atom is -0.356 e. The summed E-state index contributed by atoms with van der Waals surface area (Å²) in [5.41, 5.74) is 0.537. The number of nitrogens with zero attached hydrogens (tertiary/aromatic N) is 3. The third-order valence-corrected chi connectivity index (χ3v) is 6.41. The molecule has 0 aromatic carbocycles. The second kappa shape index (κ2) is 7.42. The fraction of sp³-hybridized carbons (Fsp3) is 0.947. The van der Waals surface area contributed by atoms with Gasteiger partial charge in [0.15, 0.2) is 5.96 Å². The summed E-state index contributed by atoms with van der Waals surface area (Å²) >= 11 is 0. The van der Waals surface area contributed by atoms with Gasteiger partial charge in [0, 0.05) is 31.1 Å². The van der Waals surface area contributed by atoms with E-state index in [1.54, 1.807) is 0 Å². The highest BCUT2D eigenvalue weighted by atomic mass is 15.4. The molecule has 2 fully saturated rings. The first-order chi connectivity index (χ1) is 10.8. The average molecular weight is 323 g/mol. The van der Waals surface area contributed by atoms with Crippen LogP contribution in [0.2, 0.25) is 0 Å². The lowest BCUT2D eigenvalue weighted by Crippen LogP contribution is -2.72. The molecule has 0 aromatic rings. The van der Waals surface area contributed by atoms with Crippen molar-refractivity contribution in [1.82, 2.24) is 15.1 Å². The summed E-state index contributed by atoms with van der Waals surface area (Å²) in [6.45, 7) is 17.7. The lowest BCUT2D eigenvalue weighted by molar-refractivity contribution is -0.0667. The predicted molar refractivity (Wildman–Crippen MR) is 100.0 cm³/mol. The van der Waals surface area contributed by atoms with Crippen LogP contribution in [-0.2, 0) is 0 Å². The Hall–Kier alpha value is -0.770. The third-order valence-electron chi connectivity index (χ3n) is 6.41. The van der Waals surface area contributed by atoms with Crippen molar-refractivity contribution in [2.24, 2.45) is 16.3 Å². The van der Waals surface area contributed by atoms with Crippen LogP contribution in [0.3, 0.4) is 0 Å². The number of hydrogen-bond acceptors (Lipinski definition) is 2. The van der Waals surface area contributed by atoms with E-state index in [1.165, 1.54) is 45.3 Å². The van der Waals surface area contributed by atoms with Crippen LogP contribution >= 0.6 is 0 Å². The van der Waals surface area contributed by atoms with E-state index in [9.17, 15) is 0 Å². The maximum atomic E-state index is 4.49. The molecule has 23 heavy (non-hydrogen) atoms. The van der Waals surface area contributed by atoms with Crippen LogP contribution < -0.4 is 5.32 Å². The van der Waals surface area contributed by atoms with Crippen molar-refractivity contribution in [1.29, 1.82) is 0 Å². The minimum atomic E-state index is 0.180. The van der Waals surface area contributed by atoms with Crippen LogP contribution in [0.5, 0.6) is 0 Å². The van der Waals surface area contributed by atoms with Crippen LogP contribution in [0.4, 0.5) is 0 Å². The molecule has 0 spiro atoms. The smallest absolute Gasteiger partial charge is 0.194 e. The minimum absolute atomic E-state index is 0.180. The Labute approximate surface area is 143 Å². The first-order valence-electron chi connectivity index (χ1n) is 9.48. The molecule has 0 bridgehead atoms. The summed E-state index contributed by atoms with van der Waals surface area (Å²) in [6, 6.07) is 0. The van der Waals surface area contributed by atoms with Gasteiger partial charge in [-0.05, 0) is 65.1 Å². The van der Waals surface area contributed by atoms with Crippen molar-refractivity contribution in [3.05, 3.63) is 0 Å². The zero-order valence-corrected chi connectivity index (χ0v) is 16.3. The van der Waals surface area contributed by atoms with E-state index in [0.29, 0.717) is 5.41 Å². The molecule has 0 radical (unpaired) electrons. The van der Waals surface area contributed by atoms with Crippen molar-refractivity contribution in [2.45, 2.75) is 65.8 Å². The third kappa shape index (κ3) is 4.20. The number of piperidine rings is 1. The standard InChI is InChI=1S/C19H38N4/c1-16-9-13-22(14-10-16)12-8-7-11-21-17(20-6)23-15-18(2,3)19(23,4)5/h16H,7-15H2,1-6H3,(H,20,21). The van der Waals surface area contributed by atoms with E-state index in [0.717, 1.165) is 25.0 Å². The molecule has 0 aromatic heterocycles. The average Bonchev–Trinajstić information content (AvgIpc) is 2.51. The van der Waals surface area contributed by atoms with Gasteiger partial charge in [0.2, 0.25) is 0 Å². The normalized spacial score (nSPS) is 25.3. The van der Waals surface area contributed by atoms with Gasteiger partial charge in [-0.3, -0.25) is 4.99 Å². The van der Waals surface area contributed by atoms with Gasteiger partial charge >= 0.3 is 0 Å². The van der Waals surface area contributed by atoms with Crippen LogP contribution in [0.25, 0.3) is 0 Å². The number of aliphatic imine (C=N–C) groups is 1. The summed E-state index contributed by atoms with van der Waals surface area (Å²) in [4.78, 5) is 9.54. The van der Waals surface area contributed by atoms with E-state index in [1.807, 2.05) is 7.05 Å². The van der Waals surface area contributed by atoms with Gasteiger partial charge in [0.1, 0.15) is 0 Å². The molecular weight excluding hydrogens is 284 g/mol. The van der Waals surface area contributed by atoms with Crippen LogP contribution in [0.1, 0.15) is 60.3 Å².